The van der Waals surface area contributed by atoms with E-state index in [2.05, 4.69) is 29.5 Å². The minimum absolute atomic E-state index is 0.0827. The van der Waals surface area contributed by atoms with E-state index in [1.807, 2.05) is 12.1 Å². The van der Waals surface area contributed by atoms with E-state index >= 15 is 0 Å². The number of carbonyl (C=O) groups excluding carboxylic acids is 1. The summed E-state index contributed by atoms with van der Waals surface area (Å²) in [5.41, 5.74) is 0.993. The van der Waals surface area contributed by atoms with Crippen LogP contribution in [0.4, 0.5) is 0 Å². The molecule has 0 radical (unpaired) electrons. The van der Waals surface area contributed by atoms with Crippen molar-refractivity contribution in [3.8, 4) is 5.88 Å². The zero-order valence-corrected chi connectivity index (χ0v) is 11.9. The summed E-state index contributed by atoms with van der Waals surface area (Å²) in [4.78, 5) is 15.6. The lowest BCUT2D eigenvalue weighted by molar-refractivity contribution is -0.121. The van der Waals surface area contributed by atoms with Crippen LogP contribution in [0.25, 0.3) is 0 Å². The molecule has 0 atom stereocenters. The first kappa shape index (κ1) is 15.4. The molecule has 0 aromatic carbocycles. The number of nitrogens with one attached hydrogen (secondary N) is 2. The summed E-state index contributed by atoms with van der Waals surface area (Å²) in [6.07, 6.45) is 2.18. The molecule has 0 spiro atoms. The van der Waals surface area contributed by atoms with Crippen molar-refractivity contribution < 1.29 is 9.53 Å². The summed E-state index contributed by atoms with van der Waals surface area (Å²) in [7, 11) is 1.60. The second-order valence-electron chi connectivity index (χ2n) is 4.80. The van der Waals surface area contributed by atoms with Gasteiger partial charge in [0, 0.05) is 37.8 Å². The van der Waals surface area contributed by atoms with Gasteiger partial charge >= 0.3 is 0 Å². The van der Waals surface area contributed by atoms with E-state index in [1.54, 1.807) is 13.3 Å². The fourth-order valence-electron chi connectivity index (χ4n) is 1.57. The van der Waals surface area contributed by atoms with Crippen molar-refractivity contribution in [3.63, 3.8) is 0 Å². The molecule has 0 aliphatic rings. The van der Waals surface area contributed by atoms with E-state index in [0.717, 1.165) is 12.1 Å². The fraction of sp³-hybridized carbons (Fsp3) is 0.571. The number of hydrogen-bond donors (Lipinski definition) is 2. The third-order valence-corrected chi connectivity index (χ3v) is 2.60. The molecule has 1 aromatic heterocycles. The number of pyridine rings is 1. The quantitative estimate of drug-likeness (QED) is 0.696. The number of aromatic nitrogens is 1. The van der Waals surface area contributed by atoms with Crippen LogP contribution < -0.4 is 15.4 Å². The minimum atomic E-state index is 0.0827. The van der Waals surface area contributed by atoms with Crippen molar-refractivity contribution in [1.82, 2.24) is 15.6 Å². The van der Waals surface area contributed by atoms with Gasteiger partial charge in [0.15, 0.2) is 0 Å². The van der Waals surface area contributed by atoms with Crippen molar-refractivity contribution in [2.45, 2.75) is 26.8 Å². The molecule has 0 aliphatic carbocycles. The van der Waals surface area contributed by atoms with Crippen LogP contribution in [0.5, 0.6) is 5.88 Å². The molecule has 1 heterocycles. The number of ether oxygens (including phenoxy) is 1. The van der Waals surface area contributed by atoms with Crippen molar-refractivity contribution in [2.75, 3.05) is 20.2 Å². The molecule has 0 aliphatic heterocycles. The lowest BCUT2D eigenvalue weighted by Crippen LogP contribution is -2.30. The summed E-state index contributed by atoms with van der Waals surface area (Å²) in [6.45, 7) is 6.17. The van der Waals surface area contributed by atoms with Gasteiger partial charge < -0.3 is 15.4 Å². The van der Waals surface area contributed by atoms with E-state index in [4.69, 9.17) is 4.74 Å². The monoisotopic (exact) mass is 265 g/mol. The first-order valence-electron chi connectivity index (χ1n) is 6.58. The summed E-state index contributed by atoms with van der Waals surface area (Å²) in [5.74, 6) is 1.19. The lowest BCUT2D eigenvalue weighted by Gasteiger charge is -2.09. The first-order valence-corrected chi connectivity index (χ1v) is 6.58. The lowest BCUT2D eigenvalue weighted by atomic mass is 10.2. The molecule has 0 unspecified atom stereocenters. The molecular formula is C14H23N3O2. The molecule has 1 amide bonds. The van der Waals surface area contributed by atoms with Gasteiger partial charge in [-0.3, -0.25) is 4.79 Å². The number of amides is 1. The van der Waals surface area contributed by atoms with Gasteiger partial charge in [-0.15, -0.1) is 0 Å². The number of hydrogen-bond acceptors (Lipinski definition) is 4. The van der Waals surface area contributed by atoms with Crippen molar-refractivity contribution in [1.29, 1.82) is 0 Å². The highest BCUT2D eigenvalue weighted by Crippen LogP contribution is 2.12. The van der Waals surface area contributed by atoms with Gasteiger partial charge in [0.1, 0.15) is 0 Å². The zero-order chi connectivity index (χ0) is 14.1. The largest absolute Gasteiger partial charge is 0.481 e. The van der Waals surface area contributed by atoms with Gasteiger partial charge in [0.2, 0.25) is 11.8 Å². The summed E-state index contributed by atoms with van der Waals surface area (Å²) in [5, 5.41) is 6.10. The molecule has 19 heavy (non-hydrogen) atoms. The van der Waals surface area contributed by atoms with Gasteiger partial charge in [-0.25, -0.2) is 4.98 Å². The van der Waals surface area contributed by atoms with Gasteiger partial charge in [0.05, 0.1) is 7.11 Å². The van der Waals surface area contributed by atoms with Crippen LogP contribution >= 0.6 is 0 Å². The van der Waals surface area contributed by atoms with Crippen molar-refractivity contribution in [3.05, 3.63) is 23.9 Å². The van der Waals surface area contributed by atoms with Crippen LogP contribution in [0.15, 0.2) is 18.3 Å². The fourth-order valence-corrected chi connectivity index (χ4v) is 1.57. The Bertz CT molecular complexity index is 394. The van der Waals surface area contributed by atoms with Crippen LogP contribution in [0.2, 0.25) is 0 Å². The number of carbonyl (C=O) groups is 1. The highest BCUT2D eigenvalue weighted by molar-refractivity contribution is 5.76. The molecule has 0 saturated carbocycles. The maximum atomic E-state index is 11.5. The van der Waals surface area contributed by atoms with E-state index in [0.29, 0.717) is 31.3 Å². The van der Waals surface area contributed by atoms with Gasteiger partial charge in [-0.2, -0.15) is 0 Å². The molecule has 0 bridgehead atoms. The molecule has 1 aromatic rings. The smallest absolute Gasteiger partial charge is 0.221 e. The van der Waals surface area contributed by atoms with E-state index in [-0.39, 0.29) is 5.91 Å². The Morgan fingerprint density at radius 2 is 2.26 bits per heavy atom. The third kappa shape index (κ3) is 6.20. The molecule has 106 valence electrons. The Balaban J connectivity index is 2.22. The number of rotatable bonds is 8. The Labute approximate surface area is 114 Å². The van der Waals surface area contributed by atoms with Crippen LogP contribution in [0.3, 0.4) is 0 Å². The minimum Gasteiger partial charge on any atom is -0.481 e. The first-order chi connectivity index (χ1) is 9.13. The number of methoxy groups -OCH3 is 1. The molecule has 1 rings (SSSR count). The van der Waals surface area contributed by atoms with Crippen molar-refractivity contribution in [2.24, 2.45) is 5.92 Å². The molecule has 0 fully saturated rings. The number of nitrogens with zero attached hydrogens (tertiary/aromatic N) is 1. The maximum Gasteiger partial charge on any atom is 0.221 e. The van der Waals surface area contributed by atoms with Gasteiger partial charge in [0.25, 0.3) is 0 Å². The van der Waals surface area contributed by atoms with Crippen molar-refractivity contribution >= 4 is 5.91 Å². The third-order valence-electron chi connectivity index (χ3n) is 2.60. The van der Waals surface area contributed by atoms with E-state index < -0.39 is 0 Å². The standard InChI is InChI=1S/C14H23N3O2/c1-11(2)9-17-13(18)6-8-15-10-12-5-4-7-16-14(12)19-3/h4-5,7,11,15H,6,8-10H2,1-3H3,(H,17,18). The Kier molecular flexibility index (Phi) is 6.89. The topological polar surface area (TPSA) is 63.2 Å². The Hall–Kier alpha value is -1.62. The molecule has 2 N–H and O–H groups in total. The Morgan fingerprint density at radius 3 is 2.95 bits per heavy atom. The van der Waals surface area contributed by atoms with Crippen LogP contribution in [0, 0.1) is 5.92 Å². The second-order valence-corrected chi connectivity index (χ2v) is 4.80. The molecular weight excluding hydrogens is 242 g/mol. The van der Waals surface area contributed by atoms with Crippen LogP contribution in [-0.2, 0) is 11.3 Å². The summed E-state index contributed by atoms with van der Waals surface area (Å²) >= 11 is 0. The van der Waals surface area contributed by atoms with Crippen LogP contribution in [-0.4, -0.2) is 31.1 Å². The van der Waals surface area contributed by atoms with Crippen LogP contribution in [0.1, 0.15) is 25.8 Å². The highest BCUT2D eigenvalue weighted by atomic mass is 16.5. The normalized spacial score (nSPS) is 10.5. The van der Waals surface area contributed by atoms with E-state index in [9.17, 15) is 4.79 Å². The average molecular weight is 265 g/mol. The van der Waals surface area contributed by atoms with Gasteiger partial charge in [-0.05, 0) is 12.0 Å². The zero-order valence-electron chi connectivity index (χ0n) is 11.9. The predicted molar refractivity (Wildman–Crippen MR) is 75.0 cm³/mol. The summed E-state index contributed by atoms with van der Waals surface area (Å²) < 4.78 is 5.16. The second kappa shape index (κ2) is 8.48. The average Bonchev–Trinajstić information content (AvgIpc) is 2.41. The predicted octanol–water partition coefficient (Wildman–Crippen LogP) is 1.34. The Morgan fingerprint density at radius 1 is 1.47 bits per heavy atom. The van der Waals surface area contributed by atoms with E-state index in [1.165, 1.54) is 0 Å². The molecule has 5 nitrogen and oxygen atoms in total. The maximum absolute atomic E-state index is 11.5. The molecule has 0 saturated heterocycles. The summed E-state index contributed by atoms with van der Waals surface area (Å²) in [6, 6.07) is 3.83. The molecule has 5 heteroatoms. The highest BCUT2D eigenvalue weighted by Gasteiger charge is 2.04. The SMILES string of the molecule is COc1ncccc1CNCCC(=O)NCC(C)C. The van der Waals surface area contributed by atoms with Gasteiger partial charge in [-0.1, -0.05) is 19.9 Å².